The molecule has 2 heteroatoms. The Hall–Kier alpha value is -0.0800. The minimum Gasteiger partial charge on any atom is -0.374 e. The molecular weight excluding hydrogens is 258 g/mol. The van der Waals surface area contributed by atoms with E-state index < -0.39 is 0 Å². The molecule has 126 valence electrons. The standard InChI is InChI=1S/C19H39NO/c1-4-7-8-9-10-11-14-18(20-17-5-2)19(21-6-3)15-12-13-16-19/h18,20H,4-17H2,1-3H3. The van der Waals surface area contributed by atoms with E-state index in [1.54, 1.807) is 0 Å². The predicted molar refractivity (Wildman–Crippen MR) is 92.9 cm³/mol. The van der Waals surface area contributed by atoms with Crippen molar-refractivity contribution in [3.05, 3.63) is 0 Å². The summed E-state index contributed by atoms with van der Waals surface area (Å²) in [5, 5.41) is 3.81. The van der Waals surface area contributed by atoms with E-state index in [1.807, 2.05) is 0 Å². The number of ether oxygens (including phenoxy) is 1. The van der Waals surface area contributed by atoms with Gasteiger partial charge in [-0.3, -0.25) is 0 Å². The summed E-state index contributed by atoms with van der Waals surface area (Å²) < 4.78 is 6.28. The van der Waals surface area contributed by atoms with Crippen LogP contribution in [-0.4, -0.2) is 24.8 Å². The zero-order valence-corrected chi connectivity index (χ0v) is 14.9. The minimum atomic E-state index is 0.146. The molecule has 1 aliphatic rings. The Kier molecular flexibility index (Phi) is 10.4. The first-order valence-corrected chi connectivity index (χ1v) is 9.66. The van der Waals surface area contributed by atoms with Crippen molar-refractivity contribution < 1.29 is 4.74 Å². The van der Waals surface area contributed by atoms with Crippen LogP contribution in [0.5, 0.6) is 0 Å². The fourth-order valence-electron chi connectivity index (χ4n) is 3.85. The van der Waals surface area contributed by atoms with Gasteiger partial charge in [0.25, 0.3) is 0 Å². The van der Waals surface area contributed by atoms with Crippen molar-refractivity contribution in [1.29, 1.82) is 0 Å². The van der Waals surface area contributed by atoms with Crippen molar-refractivity contribution in [2.45, 2.75) is 109 Å². The van der Waals surface area contributed by atoms with Gasteiger partial charge >= 0.3 is 0 Å². The lowest BCUT2D eigenvalue weighted by Gasteiger charge is -2.38. The van der Waals surface area contributed by atoms with Crippen LogP contribution in [-0.2, 0) is 4.74 Å². The van der Waals surface area contributed by atoms with Crippen LogP contribution in [0.1, 0.15) is 97.8 Å². The van der Waals surface area contributed by atoms with Crippen molar-refractivity contribution >= 4 is 0 Å². The zero-order valence-electron chi connectivity index (χ0n) is 14.9. The molecule has 0 aromatic carbocycles. The highest BCUT2D eigenvalue weighted by atomic mass is 16.5. The second-order valence-electron chi connectivity index (χ2n) is 6.77. The van der Waals surface area contributed by atoms with E-state index >= 15 is 0 Å². The van der Waals surface area contributed by atoms with Crippen LogP contribution < -0.4 is 5.32 Å². The van der Waals surface area contributed by atoms with Crippen LogP contribution in [0.2, 0.25) is 0 Å². The molecule has 1 saturated carbocycles. The van der Waals surface area contributed by atoms with E-state index in [9.17, 15) is 0 Å². The molecule has 1 unspecified atom stereocenters. The maximum absolute atomic E-state index is 6.28. The van der Waals surface area contributed by atoms with Gasteiger partial charge in [0, 0.05) is 12.6 Å². The molecule has 0 saturated heterocycles. The molecule has 1 rings (SSSR count). The summed E-state index contributed by atoms with van der Waals surface area (Å²) in [7, 11) is 0. The predicted octanol–water partition coefficient (Wildman–Crippen LogP) is 5.45. The smallest absolute Gasteiger partial charge is 0.0834 e. The molecule has 1 atom stereocenters. The Bertz CT molecular complexity index is 236. The molecule has 0 heterocycles. The minimum absolute atomic E-state index is 0.146. The summed E-state index contributed by atoms with van der Waals surface area (Å²) in [6, 6.07) is 0.575. The van der Waals surface area contributed by atoms with Gasteiger partial charge in [-0.1, -0.05) is 65.2 Å². The molecule has 0 radical (unpaired) electrons. The molecular formula is C19H39NO. The van der Waals surface area contributed by atoms with Gasteiger partial charge in [-0.25, -0.2) is 0 Å². The van der Waals surface area contributed by atoms with Crippen LogP contribution in [0, 0.1) is 0 Å². The van der Waals surface area contributed by atoms with Crippen molar-refractivity contribution in [2.75, 3.05) is 13.2 Å². The molecule has 2 nitrogen and oxygen atoms in total. The Morgan fingerprint density at radius 3 is 2.19 bits per heavy atom. The van der Waals surface area contributed by atoms with Gasteiger partial charge in [-0.05, 0) is 39.2 Å². The van der Waals surface area contributed by atoms with Gasteiger partial charge in [0.2, 0.25) is 0 Å². The summed E-state index contributed by atoms with van der Waals surface area (Å²) in [6.45, 7) is 8.70. The van der Waals surface area contributed by atoms with Gasteiger partial charge in [-0.15, -0.1) is 0 Å². The third-order valence-electron chi connectivity index (χ3n) is 5.00. The molecule has 1 fully saturated rings. The quantitative estimate of drug-likeness (QED) is 0.456. The summed E-state index contributed by atoms with van der Waals surface area (Å²) in [4.78, 5) is 0. The highest BCUT2D eigenvalue weighted by Crippen LogP contribution is 2.38. The van der Waals surface area contributed by atoms with E-state index in [0.717, 1.165) is 13.2 Å². The highest BCUT2D eigenvalue weighted by molar-refractivity contribution is 4.97. The van der Waals surface area contributed by atoms with E-state index in [2.05, 4.69) is 26.1 Å². The lowest BCUT2D eigenvalue weighted by molar-refractivity contribution is -0.0636. The van der Waals surface area contributed by atoms with Crippen LogP contribution in [0.25, 0.3) is 0 Å². The van der Waals surface area contributed by atoms with Crippen molar-refractivity contribution in [3.63, 3.8) is 0 Å². The SMILES string of the molecule is CCCCCCCCC(NCCC)C1(OCC)CCCC1. The van der Waals surface area contributed by atoms with Gasteiger partial charge in [-0.2, -0.15) is 0 Å². The van der Waals surface area contributed by atoms with Gasteiger partial charge in [0.1, 0.15) is 0 Å². The molecule has 0 amide bonds. The number of unbranched alkanes of at least 4 members (excludes halogenated alkanes) is 5. The van der Waals surface area contributed by atoms with Crippen LogP contribution in [0.4, 0.5) is 0 Å². The first-order valence-electron chi connectivity index (χ1n) is 9.66. The maximum Gasteiger partial charge on any atom is 0.0834 e. The normalized spacial score (nSPS) is 19.0. The monoisotopic (exact) mass is 297 g/mol. The first-order chi connectivity index (χ1) is 10.3. The molecule has 0 bridgehead atoms. The molecule has 1 aliphatic carbocycles. The molecule has 0 spiro atoms. The average molecular weight is 298 g/mol. The van der Waals surface area contributed by atoms with E-state index in [-0.39, 0.29) is 5.60 Å². The summed E-state index contributed by atoms with van der Waals surface area (Å²) in [6.07, 6.45) is 16.1. The fraction of sp³-hybridized carbons (Fsp3) is 1.00. The van der Waals surface area contributed by atoms with Crippen LogP contribution >= 0.6 is 0 Å². The second-order valence-corrected chi connectivity index (χ2v) is 6.77. The van der Waals surface area contributed by atoms with Gasteiger partial charge in [0.05, 0.1) is 5.60 Å². The van der Waals surface area contributed by atoms with Crippen molar-refractivity contribution in [2.24, 2.45) is 0 Å². The number of hydrogen-bond acceptors (Lipinski definition) is 2. The number of rotatable bonds is 13. The molecule has 1 N–H and O–H groups in total. The Labute approximate surface area is 133 Å². The molecule has 0 aromatic rings. The lowest BCUT2D eigenvalue weighted by atomic mass is 9.87. The molecule has 0 aliphatic heterocycles. The largest absolute Gasteiger partial charge is 0.374 e. The average Bonchev–Trinajstić information content (AvgIpc) is 2.95. The Balaban J connectivity index is 2.41. The highest BCUT2D eigenvalue weighted by Gasteiger charge is 2.41. The second kappa shape index (κ2) is 11.5. The van der Waals surface area contributed by atoms with Crippen LogP contribution in [0.3, 0.4) is 0 Å². The topological polar surface area (TPSA) is 21.3 Å². The van der Waals surface area contributed by atoms with Gasteiger partial charge < -0.3 is 10.1 Å². The van der Waals surface area contributed by atoms with Crippen molar-refractivity contribution in [3.8, 4) is 0 Å². The Morgan fingerprint density at radius 1 is 0.905 bits per heavy atom. The fourth-order valence-corrected chi connectivity index (χ4v) is 3.85. The van der Waals surface area contributed by atoms with Crippen molar-refractivity contribution in [1.82, 2.24) is 5.32 Å². The number of nitrogens with one attached hydrogen (secondary N) is 1. The molecule has 21 heavy (non-hydrogen) atoms. The first kappa shape index (κ1) is 19.0. The number of hydrogen-bond donors (Lipinski definition) is 1. The molecule has 0 aromatic heterocycles. The lowest BCUT2D eigenvalue weighted by Crippen LogP contribution is -2.51. The maximum atomic E-state index is 6.28. The third-order valence-corrected chi connectivity index (χ3v) is 5.00. The van der Waals surface area contributed by atoms with Gasteiger partial charge in [0.15, 0.2) is 0 Å². The van der Waals surface area contributed by atoms with E-state index in [0.29, 0.717) is 6.04 Å². The summed E-state index contributed by atoms with van der Waals surface area (Å²) in [5.74, 6) is 0. The summed E-state index contributed by atoms with van der Waals surface area (Å²) >= 11 is 0. The zero-order chi connectivity index (χ0) is 15.4. The van der Waals surface area contributed by atoms with E-state index in [1.165, 1.54) is 77.0 Å². The Morgan fingerprint density at radius 2 is 1.57 bits per heavy atom. The third kappa shape index (κ3) is 6.69. The van der Waals surface area contributed by atoms with E-state index in [4.69, 9.17) is 4.74 Å². The summed E-state index contributed by atoms with van der Waals surface area (Å²) in [5.41, 5.74) is 0.146. The van der Waals surface area contributed by atoms with Crippen LogP contribution in [0.15, 0.2) is 0 Å².